The Balaban J connectivity index is 2.08. The van der Waals surface area contributed by atoms with Crippen molar-refractivity contribution >= 4 is 17.9 Å². The van der Waals surface area contributed by atoms with Crippen LogP contribution in [-0.2, 0) is 20.9 Å². The summed E-state index contributed by atoms with van der Waals surface area (Å²) in [6.45, 7) is 0.178. The molecule has 0 saturated carbocycles. The van der Waals surface area contributed by atoms with Crippen LogP contribution in [0.1, 0.15) is 12.0 Å². The summed E-state index contributed by atoms with van der Waals surface area (Å²) < 4.78 is 4.59. The van der Waals surface area contributed by atoms with E-state index in [0.717, 1.165) is 10.5 Å². The van der Waals surface area contributed by atoms with Gasteiger partial charge in [-0.25, -0.2) is 4.79 Å². The monoisotopic (exact) mass is 248 g/mol. The molecule has 0 aromatic heterocycles. The molecule has 2 rings (SSSR count). The molecule has 1 heterocycles. The third-order valence-electron chi connectivity index (χ3n) is 2.64. The number of rotatable bonds is 3. The van der Waals surface area contributed by atoms with Gasteiger partial charge in [-0.15, -0.1) is 0 Å². The molecule has 1 unspecified atom stereocenters. The van der Waals surface area contributed by atoms with Crippen molar-refractivity contribution < 1.29 is 19.1 Å². The Morgan fingerprint density at radius 2 is 2.00 bits per heavy atom. The number of benzene rings is 1. The van der Waals surface area contributed by atoms with Crippen molar-refractivity contribution in [2.24, 2.45) is 5.73 Å². The number of nitrogens with zero attached hydrogens (tertiary/aromatic N) is 1. The summed E-state index contributed by atoms with van der Waals surface area (Å²) in [6, 6.07) is 9.09. The largest absolute Gasteiger partial charge is 0.436 e. The molecule has 1 saturated heterocycles. The highest BCUT2D eigenvalue weighted by Crippen LogP contribution is 2.18. The summed E-state index contributed by atoms with van der Waals surface area (Å²) in [4.78, 5) is 35.1. The number of likely N-dealkylation sites (tertiary alicyclic amines) is 1. The predicted octanol–water partition coefficient (Wildman–Crippen LogP) is 0.409. The number of nitrogens with two attached hydrogens (primary N) is 1. The number of ether oxygens (including phenoxy) is 1. The van der Waals surface area contributed by atoms with E-state index < -0.39 is 18.1 Å². The Hall–Kier alpha value is -2.37. The van der Waals surface area contributed by atoms with Crippen molar-refractivity contribution in [3.63, 3.8) is 0 Å². The van der Waals surface area contributed by atoms with Crippen molar-refractivity contribution in [3.05, 3.63) is 35.9 Å². The van der Waals surface area contributed by atoms with Gasteiger partial charge in [-0.2, -0.15) is 0 Å². The van der Waals surface area contributed by atoms with Crippen molar-refractivity contribution in [2.45, 2.75) is 19.1 Å². The molecule has 0 radical (unpaired) electrons. The lowest BCUT2D eigenvalue weighted by atomic mass is 10.2. The van der Waals surface area contributed by atoms with Crippen LogP contribution in [0.2, 0.25) is 0 Å². The second-order valence-corrected chi connectivity index (χ2v) is 3.93. The summed E-state index contributed by atoms with van der Waals surface area (Å²) in [5, 5.41) is 0. The number of amides is 3. The molecule has 0 bridgehead atoms. The molecule has 1 aliphatic rings. The lowest BCUT2D eigenvalue weighted by molar-refractivity contribution is -0.141. The minimum absolute atomic E-state index is 0.144. The van der Waals surface area contributed by atoms with Crippen molar-refractivity contribution in [2.75, 3.05) is 0 Å². The third-order valence-corrected chi connectivity index (χ3v) is 2.64. The van der Waals surface area contributed by atoms with Crippen LogP contribution in [-0.4, -0.2) is 28.9 Å². The first kappa shape index (κ1) is 12.1. The van der Waals surface area contributed by atoms with Gasteiger partial charge in [0.2, 0.25) is 5.91 Å². The van der Waals surface area contributed by atoms with E-state index in [1.54, 1.807) is 0 Å². The van der Waals surface area contributed by atoms with Gasteiger partial charge in [0, 0.05) is 0 Å². The van der Waals surface area contributed by atoms with Gasteiger partial charge in [-0.1, -0.05) is 30.3 Å². The topological polar surface area (TPSA) is 89.7 Å². The van der Waals surface area contributed by atoms with Gasteiger partial charge < -0.3 is 10.5 Å². The van der Waals surface area contributed by atoms with E-state index in [4.69, 9.17) is 5.73 Å². The van der Waals surface area contributed by atoms with E-state index in [2.05, 4.69) is 4.74 Å². The van der Waals surface area contributed by atoms with Crippen LogP contribution < -0.4 is 5.73 Å². The molecule has 0 aliphatic carbocycles. The molecule has 3 amide bonds. The van der Waals surface area contributed by atoms with Crippen molar-refractivity contribution in [3.8, 4) is 0 Å². The van der Waals surface area contributed by atoms with Gasteiger partial charge in [-0.05, 0) is 5.56 Å². The second-order valence-electron chi connectivity index (χ2n) is 3.93. The normalized spacial score (nSPS) is 19.1. The predicted molar refractivity (Wildman–Crippen MR) is 61.1 cm³/mol. The Morgan fingerprint density at radius 3 is 2.61 bits per heavy atom. The zero-order chi connectivity index (χ0) is 13.1. The highest BCUT2D eigenvalue weighted by Gasteiger charge is 2.40. The van der Waals surface area contributed by atoms with Crippen LogP contribution in [0, 0.1) is 0 Å². The summed E-state index contributed by atoms with van der Waals surface area (Å²) in [6.07, 6.45) is -2.28. The SMILES string of the molecule is NC(=O)OC1CC(=O)N(Cc2ccccc2)C1=O. The molecule has 1 fully saturated rings. The van der Waals surface area contributed by atoms with Crippen molar-refractivity contribution in [1.82, 2.24) is 4.90 Å². The summed E-state index contributed by atoms with van der Waals surface area (Å²) in [5.74, 6) is -0.891. The molecule has 2 N–H and O–H groups in total. The smallest absolute Gasteiger partial charge is 0.405 e. The van der Waals surface area contributed by atoms with Crippen molar-refractivity contribution in [1.29, 1.82) is 0 Å². The number of hydrogen-bond donors (Lipinski definition) is 1. The molecular weight excluding hydrogens is 236 g/mol. The van der Waals surface area contributed by atoms with Gasteiger partial charge in [0.15, 0.2) is 6.10 Å². The average molecular weight is 248 g/mol. The highest BCUT2D eigenvalue weighted by molar-refractivity contribution is 6.05. The van der Waals surface area contributed by atoms with Crippen LogP contribution in [0.5, 0.6) is 0 Å². The molecule has 94 valence electrons. The Labute approximate surface area is 103 Å². The first-order valence-corrected chi connectivity index (χ1v) is 5.42. The van der Waals surface area contributed by atoms with E-state index >= 15 is 0 Å². The molecule has 0 spiro atoms. The van der Waals surface area contributed by atoms with Crippen LogP contribution in [0.3, 0.4) is 0 Å². The maximum absolute atomic E-state index is 11.8. The van der Waals surface area contributed by atoms with Crippen LogP contribution >= 0.6 is 0 Å². The van der Waals surface area contributed by atoms with Crippen LogP contribution in [0.4, 0.5) is 4.79 Å². The fraction of sp³-hybridized carbons (Fsp3) is 0.250. The van der Waals surface area contributed by atoms with E-state index in [0.29, 0.717) is 0 Å². The number of carbonyl (C=O) groups is 3. The van der Waals surface area contributed by atoms with Gasteiger partial charge in [0.25, 0.3) is 5.91 Å². The Morgan fingerprint density at radius 1 is 1.33 bits per heavy atom. The molecule has 1 atom stereocenters. The minimum Gasteiger partial charge on any atom is -0.436 e. The number of primary amides is 1. The first-order chi connectivity index (χ1) is 8.58. The Bertz CT molecular complexity index is 486. The zero-order valence-electron chi connectivity index (χ0n) is 9.54. The standard InChI is InChI=1S/C12H12N2O4/c13-12(17)18-9-6-10(15)14(11(9)16)7-8-4-2-1-3-5-8/h1-5,9H,6-7H2,(H2,13,17). The van der Waals surface area contributed by atoms with Crippen LogP contribution in [0.15, 0.2) is 30.3 Å². The number of carbonyl (C=O) groups excluding carboxylic acids is 3. The molecule has 1 aliphatic heterocycles. The lowest BCUT2D eigenvalue weighted by Gasteiger charge is -2.14. The van der Waals surface area contributed by atoms with Gasteiger partial charge in [0.1, 0.15) is 0 Å². The molecule has 6 heteroatoms. The van der Waals surface area contributed by atoms with Gasteiger partial charge >= 0.3 is 6.09 Å². The second kappa shape index (κ2) is 4.87. The lowest BCUT2D eigenvalue weighted by Crippen LogP contribution is -2.34. The quantitative estimate of drug-likeness (QED) is 0.784. The van der Waals surface area contributed by atoms with E-state index in [1.165, 1.54) is 0 Å². The maximum Gasteiger partial charge on any atom is 0.405 e. The van der Waals surface area contributed by atoms with E-state index in [1.807, 2.05) is 30.3 Å². The van der Waals surface area contributed by atoms with E-state index in [-0.39, 0.29) is 18.9 Å². The molecule has 18 heavy (non-hydrogen) atoms. The number of hydrogen-bond acceptors (Lipinski definition) is 4. The van der Waals surface area contributed by atoms with Gasteiger partial charge in [-0.3, -0.25) is 14.5 Å². The summed E-state index contributed by atoms with van der Waals surface area (Å²) in [5.41, 5.74) is 5.67. The van der Waals surface area contributed by atoms with Crippen LogP contribution in [0.25, 0.3) is 0 Å². The maximum atomic E-state index is 11.8. The Kier molecular flexibility index (Phi) is 3.27. The first-order valence-electron chi connectivity index (χ1n) is 5.42. The summed E-state index contributed by atoms with van der Waals surface area (Å²) >= 11 is 0. The fourth-order valence-corrected chi connectivity index (χ4v) is 1.82. The molecule has 1 aromatic rings. The third kappa shape index (κ3) is 2.48. The molecule has 6 nitrogen and oxygen atoms in total. The molecular formula is C12H12N2O4. The molecule has 1 aromatic carbocycles. The minimum atomic E-state index is -1.08. The fourth-order valence-electron chi connectivity index (χ4n) is 1.82. The van der Waals surface area contributed by atoms with E-state index in [9.17, 15) is 14.4 Å². The highest BCUT2D eigenvalue weighted by atomic mass is 16.6. The number of imide groups is 1. The summed E-state index contributed by atoms with van der Waals surface area (Å²) in [7, 11) is 0. The van der Waals surface area contributed by atoms with Gasteiger partial charge in [0.05, 0.1) is 13.0 Å². The zero-order valence-corrected chi connectivity index (χ0v) is 9.54. The average Bonchev–Trinajstić information content (AvgIpc) is 2.58.